The Hall–Kier alpha value is -1.96. The summed E-state index contributed by atoms with van der Waals surface area (Å²) in [6.07, 6.45) is 1.05. The summed E-state index contributed by atoms with van der Waals surface area (Å²) in [7, 11) is 0. The van der Waals surface area contributed by atoms with E-state index >= 15 is 0 Å². The molecule has 0 aromatic heterocycles. The van der Waals surface area contributed by atoms with Gasteiger partial charge in [0.1, 0.15) is 5.75 Å². The maximum atomic E-state index is 9.68. The lowest BCUT2D eigenvalue weighted by molar-refractivity contribution is 0.459. The van der Waals surface area contributed by atoms with Gasteiger partial charge < -0.3 is 10.4 Å². The van der Waals surface area contributed by atoms with Crippen LogP contribution >= 0.6 is 0 Å². The van der Waals surface area contributed by atoms with Crippen molar-refractivity contribution in [1.29, 1.82) is 0 Å². The van der Waals surface area contributed by atoms with Gasteiger partial charge in [0.05, 0.1) is 0 Å². The minimum absolute atomic E-state index is 0.0291. The molecule has 0 spiro atoms. The number of fused-ring (bicyclic) bond motifs is 1. The molecule has 0 bridgehead atoms. The molecule has 19 heavy (non-hydrogen) atoms. The van der Waals surface area contributed by atoms with Crippen LogP contribution in [-0.4, -0.2) is 10.6 Å². The molecule has 1 unspecified atom stereocenters. The number of phenolic OH excluding ortho intramolecular Hbond substituents is 1. The van der Waals surface area contributed by atoms with Crippen LogP contribution in [0.25, 0.3) is 0 Å². The van der Waals surface area contributed by atoms with E-state index in [-0.39, 0.29) is 5.54 Å². The van der Waals surface area contributed by atoms with Crippen LogP contribution in [0.3, 0.4) is 0 Å². The van der Waals surface area contributed by atoms with Gasteiger partial charge in [0, 0.05) is 23.2 Å². The van der Waals surface area contributed by atoms with Gasteiger partial charge in [-0.15, -0.1) is 0 Å². The Kier molecular flexibility index (Phi) is 2.74. The number of benzene rings is 2. The van der Waals surface area contributed by atoms with E-state index in [1.165, 1.54) is 11.1 Å². The molecular formula is C17H19NO. The Morgan fingerprint density at radius 1 is 1.11 bits per heavy atom. The monoisotopic (exact) mass is 253 g/mol. The van der Waals surface area contributed by atoms with Crippen LogP contribution in [0.2, 0.25) is 0 Å². The summed E-state index contributed by atoms with van der Waals surface area (Å²) in [6.45, 7) is 4.41. The summed E-state index contributed by atoms with van der Waals surface area (Å²) >= 11 is 0. The van der Waals surface area contributed by atoms with Crippen molar-refractivity contribution in [2.45, 2.75) is 31.7 Å². The Labute approximate surface area is 114 Å². The average molecular weight is 253 g/mol. The van der Waals surface area contributed by atoms with E-state index < -0.39 is 0 Å². The van der Waals surface area contributed by atoms with Crippen molar-refractivity contribution in [3.05, 3.63) is 59.7 Å². The van der Waals surface area contributed by atoms with E-state index in [1.54, 1.807) is 6.07 Å². The molecule has 0 saturated carbocycles. The molecule has 0 aliphatic carbocycles. The number of nitrogens with one attached hydrogen (secondary N) is 1. The third-order valence-corrected chi connectivity index (χ3v) is 3.80. The van der Waals surface area contributed by atoms with Gasteiger partial charge in [-0.3, -0.25) is 0 Å². The molecule has 1 atom stereocenters. The first-order valence-corrected chi connectivity index (χ1v) is 6.71. The lowest BCUT2D eigenvalue weighted by Gasteiger charge is -2.39. The van der Waals surface area contributed by atoms with Gasteiger partial charge in [-0.25, -0.2) is 0 Å². The highest BCUT2D eigenvalue weighted by Gasteiger charge is 2.32. The molecule has 1 aliphatic heterocycles. The van der Waals surface area contributed by atoms with Crippen molar-refractivity contribution in [2.24, 2.45) is 0 Å². The highest BCUT2D eigenvalue weighted by atomic mass is 16.3. The Morgan fingerprint density at radius 3 is 2.58 bits per heavy atom. The number of anilines is 1. The largest absolute Gasteiger partial charge is 0.508 e. The SMILES string of the molecule is CC1(C)CC(c2ccccc2)c2ccc(O)cc2N1. The number of rotatable bonds is 1. The van der Waals surface area contributed by atoms with Crippen molar-refractivity contribution in [3.63, 3.8) is 0 Å². The van der Waals surface area contributed by atoms with Crippen LogP contribution in [-0.2, 0) is 0 Å². The Balaban J connectivity index is 2.11. The standard InChI is InChI=1S/C17H19NO/c1-17(2)11-15(12-6-4-3-5-7-12)14-9-8-13(19)10-16(14)18-17/h3-10,15,18-19H,11H2,1-2H3. The molecule has 0 fully saturated rings. The fourth-order valence-corrected chi connectivity index (χ4v) is 2.97. The van der Waals surface area contributed by atoms with Gasteiger partial charge in [0.15, 0.2) is 0 Å². The van der Waals surface area contributed by atoms with Gasteiger partial charge in [-0.2, -0.15) is 0 Å². The molecule has 2 aromatic carbocycles. The Morgan fingerprint density at radius 2 is 1.84 bits per heavy atom. The van der Waals surface area contributed by atoms with E-state index in [0.29, 0.717) is 11.7 Å². The molecule has 3 rings (SSSR count). The van der Waals surface area contributed by atoms with Crippen molar-refractivity contribution >= 4 is 5.69 Å². The highest BCUT2D eigenvalue weighted by molar-refractivity contribution is 5.61. The van der Waals surface area contributed by atoms with Crippen LogP contribution in [0.5, 0.6) is 5.75 Å². The number of hydrogen-bond acceptors (Lipinski definition) is 2. The molecule has 1 heterocycles. The van der Waals surface area contributed by atoms with Gasteiger partial charge in [-0.05, 0) is 37.5 Å². The maximum absolute atomic E-state index is 9.68. The van der Waals surface area contributed by atoms with Gasteiger partial charge >= 0.3 is 0 Å². The second kappa shape index (κ2) is 4.30. The molecular weight excluding hydrogens is 234 g/mol. The van der Waals surface area contributed by atoms with E-state index in [2.05, 4.69) is 43.4 Å². The molecule has 0 radical (unpaired) electrons. The second-order valence-corrected chi connectivity index (χ2v) is 5.95. The van der Waals surface area contributed by atoms with Crippen LogP contribution in [0, 0.1) is 0 Å². The fraction of sp³-hybridized carbons (Fsp3) is 0.294. The highest BCUT2D eigenvalue weighted by Crippen LogP contribution is 2.43. The smallest absolute Gasteiger partial charge is 0.117 e. The first-order chi connectivity index (χ1) is 9.05. The zero-order valence-electron chi connectivity index (χ0n) is 11.4. The number of hydrogen-bond donors (Lipinski definition) is 2. The molecule has 2 N–H and O–H groups in total. The van der Waals surface area contributed by atoms with E-state index in [9.17, 15) is 5.11 Å². The topological polar surface area (TPSA) is 32.3 Å². The summed E-state index contributed by atoms with van der Waals surface area (Å²) in [4.78, 5) is 0. The third-order valence-electron chi connectivity index (χ3n) is 3.80. The quantitative estimate of drug-likeness (QED) is 0.801. The number of aromatic hydroxyl groups is 1. The second-order valence-electron chi connectivity index (χ2n) is 5.95. The third kappa shape index (κ3) is 2.30. The van der Waals surface area contributed by atoms with Gasteiger partial charge in [-0.1, -0.05) is 36.4 Å². The van der Waals surface area contributed by atoms with Crippen molar-refractivity contribution < 1.29 is 5.11 Å². The van der Waals surface area contributed by atoms with Crippen molar-refractivity contribution in [1.82, 2.24) is 0 Å². The predicted octanol–water partition coefficient (Wildman–Crippen LogP) is 4.12. The van der Waals surface area contributed by atoms with E-state index in [4.69, 9.17) is 0 Å². The van der Waals surface area contributed by atoms with E-state index in [1.807, 2.05) is 18.2 Å². The summed E-state index contributed by atoms with van der Waals surface area (Å²) in [6, 6.07) is 16.2. The zero-order valence-corrected chi connectivity index (χ0v) is 11.4. The molecule has 2 aromatic rings. The lowest BCUT2D eigenvalue weighted by atomic mass is 9.77. The summed E-state index contributed by atoms with van der Waals surface area (Å²) in [5, 5.41) is 13.2. The molecule has 0 saturated heterocycles. The normalized spacial score (nSPS) is 20.4. The maximum Gasteiger partial charge on any atom is 0.117 e. The fourth-order valence-electron chi connectivity index (χ4n) is 2.97. The minimum atomic E-state index is 0.0291. The van der Waals surface area contributed by atoms with Crippen LogP contribution < -0.4 is 5.32 Å². The zero-order chi connectivity index (χ0) is 13.5. The van der Waals surface area contributed by atoms with Crippen molar-refractivity contribution in [2.75, 3.05) is 5.32 Å². The van der Waals surface area contributed by atoms with Crippen LogP contribution in [0.15, 0.2) is 48.5 Å². The Bertz CT molecular complexity index is 589. The van der Waals surface area contributed by atoms with Gasteiger partial charge in [0.25, 0.3) is 0 Å². The van der Waals surface area contributed by atoms with E-state index in [0.717, 1.165) is 12.1 Å². The summed E-state index contributed by atoms with van der Waals surface area (Å²) in [5.74, 6) is 0.698. The molecule has 98 valence electrons. The molecule has 2 nitrogen and oxygen atoms in total. The lowest BCUT2D eigenvalue weighted by Crippen LogP contribution is -2.37. The first-order valence-electron chi connectivity index (χ1n) is 6.71. The first kappa shape index (κ1) is 12.1. The summed E-state index contributed by atoms with van der Waals surface area (Å²) < 4.78 is 0. The van der Waals surface area contributed by atoms with Crippen LogP contribution in [0.4, 0.5) is 5.69 Å². The van der Waals surface area contributed by atoms with Crippen LogP contribution in [0.1, 0.15) is 37.3 Å². The molecule has 2 heteroatoms. The van der Waals surface area contributed by atoms with Gasteiger partial charge in [0.2, 0.25) is 0 Å². The predicted molar refractivity (Wildman–Crippen MR) is 78.7 cm³/mol. The molecule has 0 amide bonds. The average Bonchev–Trinajstić information content (AvgIpc) is 2.37. The summed E-state index contributed by atoms with van der Waals surface area (Å²) in [5.41, 5.74) is 3.68. The molecule has 1 aliphatic rings. The minimum Gasteiger partial charge on any atom is -0.508 e. The van der Waals surface area contributed by atoms with Crippen molar-refractivity contribution in [3.8, 4) is 5.75 Å². The number of phenols is 1.